The van der Waals surface area contributed by atoms with Crippen LogP contribution < -0.4 is 9.47 Å². The molecule has 0 spiro atoms. The fourth-order valence-electron chi connectivity index (χ4n) is 4.44. The van der Waals surface area contributed by atoms with Gasteiger partial charge in [-0.25, -0.2) is 0 Å². The summed E-state index contributed by atoms with van der Waals surface area (Å²) in [4.78, 5) is 0. The van der Waals surface area contributed by atoms with Gasteiger partial charge in [-0.2, -0.15) is 0 Å². The molecule has 0 saturated heterocycles. The predicted octanol–water partition coefficient (Wildman–Crippen LogP) is 5.37. The van der Waals surface area contributed by atoms with Crippen LogP contribution in [-0.2, 0) is 13.0 Å². The van der Waals surface area contributed by atoms with Gasteiger partial charge in [0.15, 0.2) is 0 Å². The van der Waals surface area contributed by atoms with E-state index in [0.717, 1.165) is 17.9 Å². The molecule has 2 nitrogen and oxygen atoms in total. The highest BCUT2D eigenvalue weighted by molar-refractivity contribution is 5.61. The number of benzene rings is 2. The first-order valence-electron chi connectivity index (χ1n) is 8.83. The summed E-state index contributed by atoms with van der Waals surface area (Å²) in [7, 11) is 1.78. The SMILES string of the molecule is C=CCc1cc(OC)c2c(c1OCc1ccccc1)C1CCC2C1. The molecule has 0 aromatic heterocycles. The molecular weight excluding hydrogens is 296 g/mol. The topological polar surface area (TPSA) is 18.5 Å². The van der Waals surface area contributed by atoms with Gasteiger partial charge in [-0.3, -0.25) is 0 Å². The average molecular weight is 320 g/mol. The molecule has 0 amide bonds. The van der Waals surface area contributed by atoms with Crippen LogP contribution in [0.25, 0.3) is 0 Å². The Labute approximate surface area is 144 Å². The maximum Gasteiger partial charge on any atom is 0.127 e. The van der Waals surface area contributed by atoms with E-state index in [9.17, 15) is 0 Å². The van der Waals surface area contributed by atoms with Gasteiger partial charge in [0.05, 0.1) is 7.11 Å². The zero-order valence-corrected chi connectivity index (χ0v) is 14.3. The summed E-state index contributed by atoms with van der Waals surface area (Å²) >= 11 is 0. The van der Waals surface area contributed by atoms with Crippen LogP contribution in [0.4, 0.5) is 0 Å². The Morgan fingerprint density at radius 2 is 1.88 bits per heavy atom. The molecule has 0 radical (unpaired) electrons. The smallest absolute Gasteiger partial charge is 0.127 e. The number of hydrogen-bond acceptors (Lipinski definition) is 2. The van der Waals surface area contributed by atoms with Crippen LogP contribution in [0.2, 0.25) is 0 Å². The number of hydrogen-bond donors (Lipinski definition) is 0. The van der Waals surface area contributed by atoms with Crippen molar-refractivity contribution in [2.24, 2.45) is 0 Å². The molecule has 0 aliphatic heterocycles. The number of fused-ring (bicyclic) bond motifs is 5. The van der Waals surface area contributed by atoms with Crippen molar-refractivity contribution >= 4 is 0 Å². The van der Waals surface area contributed by atoms with Crippen LogP contribution in [0.5, 0.6) is 11.5 Å². The summed E-state index contributed by atoms with van der Waals surface area (Å²) in [6.45, 7) is 4.53. The van der Waals surface area contributed by atoms with E-state index in [1.807, 2.05) is 12.1 Å². The van der Waals surface area contributed by atoms with E-state index in [2.05, 4.69) is 36.9 Å². The highest BCUT2D eigenvalue weighted by atomic mass is 16.5. The van der Waals surface area contributed by atoms with Crippen molar-refractivity contribution in [2.45, 2.75) is 44.1 Å². The summed E-state index contributed by atoms with van der Waals surface area (Å²) in [5.41, 5.74) is 5.22. The van der Waals surface area contributed by atoms with Crippen molar-refractivity contribution in [3.8, 4) is 11.5 Å². The van der Waals surface area contributed by atoms with Gasteiger partial charge in [-0.1, -0.05) is 36.4 Å². The summed E-state index contributed by atoms with van der Waals surface area (Å²) in [6.07, 6.45) is 6.58. The van der Waals surface area contributed by atoms with Crippen LogP contribution in [-0.4, -0.2) is 7.11 Å². The highest BCUT2D eigenvalue weighted by Crippen LogP contribution is 2.59. The average Bonchev–Trinajstić information content (AvgIpc) is 3.23. The molecule has 4 rings (SSSR count). The molecule has 0 heterocycles. The van der Waals surface area contributed by atoms with Gasteiger partial charge in [0.2, 0.25) is 0 Å². The molecular formula is C22H24O2. The number of methoxy groups -OCH3 is 1. The third-order valence-electron chi connectivity index (χ3n) is 5.46. The molecule has 2 unspecified atom stereocenters. The molecule has 2 bridgehead atoms. The van der Waals surface area contributed by atoms with Crippen molar-refractivity contribution in [1.29, 1.82) is 0 Å². The summed E-state index contributed by atoms with van der Waals surface area (Å²) < 4.78 is 12.1. The first kappa shape index (κ1) is 15.3. The van der Waals surface area contributed by atoms with Gasteiger partial charge < -0.3 is 9.47 Å². The molecule has 2 aromatic carbocycles. The monoisotopic (exact) mass is 320 g/mol. The van der Waals surface area contributed by atoms with Crippen LogP contribution in [0, 0.1) is 0 Å². The van der Waals surface area contributed by atoms with Crippen molar-refractivity contribution in [2.75, 3.05) is 7.11 Å². The molecule has 1 fully saturated rings. The highest BCUT2D eigenvalue weighted by Gasteiger charge is 2.42. The minimum atomic E-state index is 0.612. The lowest BCUT2D eigenvalue weighted by molar-refractivity contribution is 0.297. The van der Waals surface area contributed by atoms with E-state index in [-0.39, 0.29) is 0 Å². The number of ether oxygens (including phenoxy) is 2. The van der Waals surface area contributed by atoms with E-state index in [0.29, 0.717) is 18.4 Å². The maximum atomic E-state index is 6.37. The quantitative estimate of drug-likeness (QED) is 0.666. The molecule has 24 heavy (non-hydrogen) atoms. The zero-order valence-electron chi connectivity index (χ0n) is 14.3. The second kappa shape index (κ2) is 6.35. The fourth-order valence-corrected chi connectivity index (χ4v) is 4.44. The van der Waals surface area contributed by atoms with Crippen molar-refractivity contribution in [3.63, 3.8) is 0 Å². The minimum absolute atomic E-state index is 0.612. The van der Waals surface area contributed by atoms with Gasteiger partial charge >= 0.3 is 0 Å². The Morgan fingerprint density at radius 1 is 1.12 bits per heavy atom. The standard InChI is InChI=1S/C22H24O2/c1-3-7-18-13-19(23-2)20-16-10-11-17(12-16)21(20)22(18)24-14-15-8-5-4-6-9-15/h3-6,8-9,13,16-17H,1,7,10-12,14H2,2H3. The maximum absolute atomic E-state index is 6.37. The van der Waals surface area contributed by atoms with Crippen LogP contribution >= 0.6 is 0 Å². The summed E-state index contributed by atoms with van der Waals surface area (Å²) in [5.74, 6) is 3.41. The minimum Gasteiger partial charge on any atom is -0.496 e. The molecule has 2 heteroatoms. The first-order valence-corrected chi connectivity index (χ1v) is 8.83. The Balaban J connectivity index is 1.75. The van der Waals surface area contributed by atoms with Crippen molar-refractivity contribution in [3.05, 3.63) is 71.3 Å². The third kappa shape index (κ3) is 2.50. The second-order valence-corrected chi connectivity index (χ2v) is 6.87. The van der Waals surface area contributed by atoms with Crippen molar-refractivity contribution < 1.29 is 9.47 Å². The largest absolute Gasteiger partial charge is 0.496 e. The lowest BCUT2D eigenvalue weighted by atomic mass is 9.87. The van der Waals surface area contributed by atoms with Gasteiger partial charge in [-0.15, -0.1) is 6.58 Å². The van der Waals surface area contributed by atoms with E-state index < -0.39 is 0 Å². The molecule has 2 aliphatic rings. The molecule has 0 N–H and O–H groups in total. The van der Waals surface area contributed by atoms with Crippen LogP contribution in [0.1, 0.15) is 53.4 Å². The third-order valence-corrected chi connectivity index (χ3v) is 5.46. The molecule has 2 aromatic rings. The lowest BCUT2D eigenvalue weighted by Gasteiger charge is -2.24. The van der Waals surface area contributed by atoms with Crippen LogP contribution in [0.3, 0.4) is 0 Å². The molecule has 2 atom stereocenters. The van der Waals surface area contributed by atoms with Gasteiger partial charge in [0.1, 0.15) is 18.1 Å². The van der Waals surface area contributed by atoms with Gasteiger partial charge in [0, 0.05) is 16.7 Å². The van der Waals surface area contributed by atoms with E-state index in [4.69, 9.17) is 9.47 Å². The van der Waals surface area contributed by atoms with E-state index in [1.165, 1.54) is 41.5 Å². The summed E-state index contributed by atoms with van der Waals surface area (Å²) in [5, 5.41) is 0. The Hall–Kier alpha value is -2.22. The molecule has 1 saturated carbocycles. The van der Waals surface area contributed by atoms with Crippen molar-refractivity contribution in [1.82, 2.24) is 0 Å². The predicted molar refractivity (Wildman–Crippen MR) is 97.0 cm³/mol. The Bertz CT molecular complexity index is 748. The number of rotatable bonds is 6. The normalized spacial score (nSPS) is 20.7. The Kier molecular flexibility index (Phi) is 4.05. The Morgan fingerprint density at radius 3 is 2.58 bits per heavy atom. The summed E-state index contributed by atoms with van der Waals surface area (Å²) in [6, 6.07) is 12.6. The lowest BCUT2D eigenvalue weighted by Crippen LogP contribution is -2.08. The number of allylic oxidation sites excluding steroid dienone is 1. The van der Waals surface area contributed by atoms with E-state index >= 15 is 0 Å². The van der Waals surface area contributed by atoms with Crippen LogP contribution in [0.15, 0.2) is 49.1 Å². The zero-order chi connectivity index (χ0) is 16.5. The molecule has 2 aliphatic carbocycles. The van der Waals surface area contributed by atoms with Gasteiger partial charge in [0.25, 0.3) is 0 Å². The van der Waals surface area contributed by atoms with E-state index in [1.54, 1.807) is 7.11 Å². The first-order chi connectivity index (χ1) is 11.8. The fraction of sp³-hybridized carbons (Fsp3) is 0.364. The second-order valence-electron chi connectivity index (χ2n) is 6.87. The molecule has 124 valence electrons. The van der Waals surface area contributed by atoms with Gasteiger partial charge in [-0.05, 0) is 49.1 Å².